The summed E-state index contributed by atoms with van der Waals surface area (Å²) in [5.41, 5.74) is 9.34. The van der Waals surface area contributed by atoms with Crippen molar-refractivity contribution in [1.29, 1.82) is 0 Å². The van der Waals surface area contributed by atoms with Gasteiger partial charge in [-0.1, -0.05) is 17.0 Å². The Morgan fingerprint density at radius 2 is 2.50 bits per heavy atom. The highest BCUT2D eigenvalue weighted by Crippen LogP contribution is 2.05. The lowest BCUT2D eigenvalue weighted by atomic mass is 10.2. The van der Waals surface area contributed by atoms with Gasteiger partial charge < -0.3 is 0 Å². The predicted octanol–water partition coefficient (Wildman–Crippen LogP) is 2.19. The van der Waals surface area contributed by atoms with Gasteiger partial charge in [0.15, 0.2) is 0 Å². The fourth-order valence-electron chi connectivity index (χ4n) is 0.854. The number of nitrogens with zero attached hydrogens (tertiary/aromatic N) is 4. The van der Waals surface area contributed by atoms with Crippen molar-refractivity contribution >= 4 is 0 Å². The number of aromatic nitrogens is 1. The van der Waals surface area contributed by atoms with Gasteiger partial charge in [0.25, 0.3) is 0 Å². The van der Waals surface area contributed by atoms with Crippen LogP contribution in [-0.2, 0) is 0 Å². The molecule has 14 heavy (non-hydrogen) atoms. The first-order chi connectivity index (χ1) is 6.74. The second-order valence-corrected chi connectivity index (χ2v) is 2.51. The molecule has 0 saturated carbocycles. The van der Waals surface area contributed by atoms with Gasteiger partial charge in [0, 0.05) is 16.7 Å². The minimum absolute atomic E-state index is 0.104. The van der Waals surface area contributed by atoms with Gasteiger partial charge in [0.1, 0.15) is 0 Å². The molecule has 0 N–H and O–H groups in total. The molecule has 1 rings (SSSR count). The molecule has 0 radical (unpaired) electrons. The van der Waals surface area contributed by atoms with Crippen molar-refractivity contribution in [3.8, 4) is 11.8 Å². The molecule has 4 nitrogen and oxygen atoms in total. The lowest BCUT2D eigenvalue weighted by molar-refractivity contribution is 0.582. The molecule has 0 fully saturated rings. The monoisotopic (exact) mass is 190 g/mol. The summed E-state index contributed by atoms with van der Waals surface area (Å²) in [6.45, 7) is 1.84. The molecule has 0 saturated heterocycles. The van der Waals surface area contributed by atoms with Gasteiger partial charge in [-0.2, -0.15) is 4.39 Å². The molecular weight excluding hydrogens is 183 g/mol. The first-order valence-electron chi connectivity index (χ1n) is 3.86. The van der Waals surface area contributed by atoms with Crippen molar-refractivity contribution in [2.24, 2.45) is 5.11 Å². The van der Waals surface area contributed by atoms with Crippen LogP contribution in [-0.4, -0.2) is 11.5 Å². The summed E-state index contributed by atoms with van der Waals surface area (Å²) in [7, 11) is 0. The van der Waals surface area contributed by atoms with Crippen molar-refractivity contribution in [2.45, 2.75) is 6.92 Å². The smallest absolute Gasteiger partial charge is 0.213 e. The van der Waals surface area contributed by atoms with Gasteiger partial charge >= 0.3 is 0 Å². The fraction of sp³-hybridized carbons (Fsp3) is 0.222. The van der Waals surface area contributed by atoms with Gasteiger partial charge in [-0.25, -0.2) is 4.98 Å². The van der Waals surface area contributed by atoms with Crippen LogP contribution in [0, 0.1) is 24.7 Å². The van der Waals surface area contributed by atoms with Crippen LogP contribution in [0.5, 0.6) is 0 Å². The van der Waals surface area contributed by atoms with Crippen LogP contribution < -0.4 is 0 Å². The van der Waals surface area contributed by atoms with E-state index in [2.05, 4.69) is 26.9 Å². The molecule has 1 aromatic heterocycles. The van der Waals surface area contributed by atoms with E-state index in [1.54, 1.807) is 6.92 Å². The largest absolute Gasteiger partial charge is 0.227 e. The van der Waals surface area contributed by atoms with Crippen LogP contribution in [0.2, 0.25) is 0 Å². The number of aryl methyl sites for hydroxylation is 1. The number of hydrogen-bond acceptors (Lipinski definition) is 2. The average Bonchev–Trinajstić information content (AvgIpc) is 2.15. The maximum absolute atomic E-state index is 12.6. The third-order valence-corrected chi connectivity index (χ3v) is 1.51. The molecule has 0 aromatic carbocycles. The van der Waals surface area contributed by atoms with Crippen LogP contribution in [0.15, 0.2) is 17.4 Å². The van der Waals surface area contributed by atoms with Crippen LogP contribution in [0.25, 0.3) is 10.4 Å². The molecule has 1 heterocycles. The highest BCUT2D eigenvalue weighted by Gasteiger charge is 1.96. The number of hydrogen-bond donors (Lipinski definition) is 0. The number of azide groups is 1. The molecule has 0 aliphatic carbocycles. The quantitative estimate of drug-likeness (QED) is 0.220. The highest BCUT2D eigenvalue weighted by molar-refractivity contribution is 5.38. The highest BCUT2D eigenvalue weighted by atomic mass is 19.1. The molecule has 0 unspecified atom stereocenters. The molecule has 0 atom stereocenters. The van der Waals surface area contributed by atoms with Crippen LogP contribution >= 0.6 is 0 Å². The molecule has 0 aliphatic heterocycles. The van der Waals surface area contributed by atoms with Crippen molar-refractivity contribution in [1.82, 2.24) is 4.98 Å². The van der Waals surface area contributed by atoms with E-state index in [4.69, 9.17) is 5.53 Å². The van der Waals surface area contributed by atoms with Crippen LogP contribution in [0.3, 0.4) is 0 Å². The lowest BCUT2D eigenvalue weighted by Gasteiger charge is -1.95. The van der Waals surface area contributed by atoms with Crippen molar-refractivity contribution in [3.05, 3.63) is 39.8 Å². The van der Waals surface area contributed by atoms with E-state index in [1.807, 2.05) is 0 Å². The Kier molecular flexibility index (Phi) is 3.48. The van der Waals surface area contributed by atoms with Gasteiger partial charge in [-0.15, -0.1) is 0 Å². The zero-order valence-corrected chi connectivity index (χ0v) is 7.53. The summed E-state index contributed by atoms with van der Waals surface area (Å²) < 4.78 is 12.6. The topological polar surface area (TPSA) is 61.7 Å². The van der Waals surface area contributed by atoms with E-state index in [9.17, 15) is 4.39 Å². The van der Waals surface area contributed by atoms with Gasteiger partial charge in [0.2, 0.25) is 5.95 Å². The van der Waals surface area contributed by atoms with Crippen molar-refractivity contribution in [2.75, 3.05) is 6.54 Å². The van der Waals surface area contributed by atoms with E-state index >= 15 is 0 Å². The van der Waals surface area contributed by atoms with Crippen molar-refractivity contribution in [3.63, 3.8) is 0 Å². The van der Waals surface area contributed by atoms with E-state index in [-0.39, 0.29) is 6.54 Å². The summed E-state index contributed by atoms with van der Waals surface area (Å²) in [6, 6.07) is 1.30. The van der Waals surface area contributed by atoms with Gasteiger partial charge in [-0.05, 0) is 24.1 Å². The molecule has 0 spiro atoms. The standard InChI is InChI=1S/C9H7FN4/c1-7-5-9(10)12-6-8(7)3-2-4-13-14-11/h5-6H,4H2,1H3. The Balaban J connectivity index is 2.84. The second-order valence-electron chi connectivity index (χ2n) is 2.51. The number of halogens is 1. The van der Waals surface area contributed by atoms with Crippen LogP contribution in [0.1, 0.15) is 11.1 Å². The first kappa shape index (κ1) is 10.0. The molecule has 1 aromatic rings. The summed E-state index contributed by atoms with van der Waals surface area (Å²) in [5.74, 6) is 4.84. The van der Waals surface area contributed by atoms with E-state index in [1.165, 1.54) is 12.3 Å². The van der Waals surface area contributed by atoms with Crippen LogP contribution in [0.4, 0.5) is 4.39 Å². The Bertz CT molecular complexity index is 438. The number of rotatable bonds is 1. The fourth-order valence-corrected chi connectivity index (χ4v) is 0.854. The molecule has 70 valence electrons. The summed E-state index contributed by atoms with van der Waals surface area (Å²) in [6.07, 6.45) is 1.35. The minimum atomic E-state index is -0.525. The minimum Gasteiger partial charge on any atom is -0.227 e. The maximum atomic E-state index is 12.6. The zero-order valence-electron chi connectivity index (χ0n) is 7.53. The maximum Gasteiger partial charge on any atom is 0.213 e. The van der Waals surface area contributed by atoms with E-state index in [0.717, 1.165) is 0 Å². The Hall–Kier alpha value is -2.05. The summed E-state index contributed by atoms with van der Waals surface area (Å²) in [5, 5.41) is 3.25. The first-order valence-corrected chi connectivity index (χ1v) is 3.86. The van der Waals surface area contributed by atoms with Crippen molar-refractivity contribution < 1.29 is 4.39 Å². The predicted molar refractivity (Wildman–Crippen MR) is 49.8 cm³/mol. The third-order valence-electron chi connectivity index (χ3n) is 1.51. The third kappa shape index (κ3) is 2.77. The molecular formula is C9H7FN4. The molecule has 5 heteroatoms. The normalized spacial score (nSPS) is 8.43. The lowest BCUT2D eigenvalue weighted by Crippen LogP contribution is -1.88. The van der Waals surface area contributed by atoms with E-state index in [0.29, 0.717) is 11.1 Å². The zero-order chi connectivity index (χ0) is 10.4. The average molecular weight is 190 g/mol. The van der Waals surface area contributed by atoms with E-state index < -0.39 is 5.95 Å². The Labute approximate surface area is 80.4 Å². The Morgan fingerprint density at radius 1 is 1.71 bits per heavy atom. The molecule has 0 bridgehead atoms. The SMILES string of the molecule is Cc1cc(F)ncc1C#CCN=[N+]=[N-]. The summed E-state index contributed by atoms with van der Waals surface area (Å²) >= 11 is 0. The summed E-state index contributed by atoms with van der Waals surface area (Å²) in [4.78, 5) is 6.02. The van der Waals surface area contributed by atoms with Gasteiger partial charge in [-0.3, -0.25) is 0 Å². The second kappa shape index (κ2) is 4.85. The Morgan fingerprint density at radius 3 is 3.14 bits per heavy atom. The number of pyridine rings is 1. The molecule has 0 amide bonds. The molecule has 0 aliphatic rings. The van der Waals surface area contributed by atoms with Gasteiger partial charge in [0.05, 0.1) is 6.54 Å².